The average Bonchev–Trinajstić information content (AvgIpc) is 2.56. The molecular formula is C19H21BrN2O3. The molecule has 0 spiro atoms. The molecule has 0 fully saturated rings. The lowest BCUT2D eigenvalue weighted by Crippen LogP contribution is -2.34. The van der Waals surface area contributed by atoms with Crippen LogP contribution in [-0.2, 0) is 16.1 Å². The van der Waals surface area contributed by atoms with Crippen molar-refractivity contribution in [2.24, 2.45) is 0 Å². The van der Waals surface area contributed by atoms with E-state index in [9.17, 15) is 9.59 Å². The van der Waals surface area contributed by atoms with Gasteiger partial charge in [-0.2, -0.15) is 0 Å². The molecule has 0 saturated carbocycles. The van der Waals surface area contributed by atoms with Crippen LogP contribution in [0.1, 0.15) is 25.0 Å². The van der Waals surface area contributed by atoms with E-state index in [4.69, 9.17) is 4.74 Å². The average molecular weight is 405 g/mol. The summed E-state index contributed by atoms with van der Waals surface area (Å²) < 4.78 is 6.51. The third-order valence-corrected chi connectivity index (χ3v) is 4.26. The summed E-state index contributed by atoms with van der Waals surface area (Å²) in [5.74, 6) is -0.599. The van der Waals surface area contributed by atoms with E-state index in [-0.39, 0.29) is 12.6 Å². The molecule has 25 heavy (non-hydrogen) atoms. The van der Waals surface area contributed by atoms with Gasteiger partial charge in [0.15, 0.2) is 0 Å². The fourth-order valence-corrected chi connectivity index (χ4v) is 2.38. The molecule has 0 atom stereocenters. The molecule has 5 nitrogen and oxygen atoms in total. The minimum Gasteiger partial charge on any atom is -0.491 e. The molecule has 2 rings (SSSR count). The van der Waals surface area contributed by atoms with E-state index in [2.05, 4.69) is 26.6 Å². The van der Waals surface area contributed by atoms with Gasteiger partial charge in [-0.05, 0) is 62.2 Å². The lowest BCUT2D eigenvalue weighted by atomic mass is 10.2. The summed E-state index contributed by atoms with van der Waals surface area (Å²) in [6, 6.07) is 12.7. The topological polar surface area (TPSA) is 67.4 Å². The van der Waals surface area contributed by atoms with E-state index in [0.29, 0.717) is 5.69 Å². The fourth-order valence-electron chi connectivity index (χ4n) is 2.13. The molecule has 2 amide bonds. The maximum atomic E-state index is 12.0. The van der Waals surface area contributed by atoms with Gasteiger partial charge in [-0.3, -0.25) is 9.59 Å². The Bertz CT molecular complexity index is 758. The summed E-state index contributed by atoms with van der Waals surface area (Å²) in [5, 5.41) is 5.19. The van der Waals surface area contributed by atoms with Crippen molar-refractivity contribution in [3.05, 3.63) is 58.1 Å². The van der Waals surface area contributed by atoms with E-state index in [1.807, 2.05) is 51.1 Å². The van der Waals surface area contributed by atoms with E-state index >= 15 is 0 Å². The zero-order valence-electron chi connectivity index (χ0n) is 14.4. The van der Waals surface area contributed by atoms with Crippen molar-refractivity contribution in [3.63, 3.8) is 0 Å². The number of aryl methyl sites for hydroxylation is 1. The number of halogens is 1. The largest absolute Gasteiger partial charge is 0.491 e. The van der Waals surface area contributed by atoms with Gasteiger partial charge in [0.2, 0.25) is 0 Å². The molecule has 2 aromatic carbocycles. The number of rotatable bonds is 5. The highest BCUT2D eigenvalue weighted by molar-refractivity contribution is 9.10. The highest BCUT2D eigenvalue weighted by atomic mass is 79.9. The Hall–Kier alpha value is -2.34. The number of hydrogen-bond donors (Lipinski definition) is 2. The minimum atomic E-state index is -0.693. The van der Waals surface area contributed by atoms with Crippen molar-refractivity contribution in [3.8, 4) is 5.75 Å². The number of carbonyl (C=O) groups excluding carboxylic acids is 2. The Morgan fingerprint density at radius 2 is 1.76 bits per heavy atom. The first kappa shape index (κ1) is 19.0. The van der Waals surface area contributed by atoms with Gasteiger partial charge in [0, 0.05) is 16.7 Å². The summed E-state index contributed by atoms with van der Waals surface area (Å²) >= 11 is 3.39. The van der Waals surface area contributed by atoms with Crippen molar-refractivity contribution in [2.45, 2.75) is 33.4 Å². The van der Waals surface area contributed by atoms with Crippen LogP contribution in [-0.4, -0.2) is 17.9 Å². The molecule has 0 aromatic heterocycles. The Morgan fingerprint density at radius 1 is 1.08 bits per heavy atom. The third-order valence-electron chi connectivity index (χ3n) is 3.37. The smallest absolute Gasteiger partial charge is 0.313 e. The molecule has 0 unspecified atom stereocenters. The standard InChI is InChI=1S/C19H21BrN2O3/c1-12(2)25-16-7-4-14(5-8-16)11-21-18(23)19(24)22-15-6-9-17(20)13(3)10-15/h4-10,12H,11H2,1-3H3,(H,21,23)(H,22,24). The first-order valence-corrected chi connectivity index (χ1v) is 8.75. The number of nitrogens with one attached hydrogen (secondary N) is 2. The lowest BCUT2D eigenvalue weighted by molar-refractivity contribution is -0.136. The van der Waals surface area contributed by atoms with Crippen molar-refractivity contribution in [1.29, 1.82) is 0 Å². The zero-order valence-corrected chi connectivity index (χ0v) is 16.0. The second-order valence-electron chi connectivity index (χ2n) is 5.91. The number of hydrogen-bond acceptors (Lipinski definition) is 3. The van der Waals surface area contributed by atoms with Gasteiger partial charge in [0.1, 0.15) is 5.75 Å². The summed E-state index contributed by atoms with van der Waals surface area (Å²) in [6.07, 6.45) is 0.108. The molecule has 0 bridgehead atoms. The summed E-state index contributed by atoms with van der Waals surface area (Å²) in [7, 11) is 0. The van der Waals surface area contributed by atoms with Crippen molar-refractivity contribution >= 4 is 33.4 Å². The van der Waals surface area contributed by atoms with Crippen molar-refractivity contribution < 1.29 is 14.3 Å². The van der Waals surface area contributed by atoms with Gasteiger partial charge in [-0.15, -0.1) is 0 Å². The van der Waals surface area contributed by atoms with Gasteiger partial charge >= 0.3 is 11.8 Å². The Morgan fingerprint density at radius 3 is 2.36 bits per heavy atom. The maximum Gasteiger partial charge on any atom is 0.313 e. The first-order chi connectivity index (χ1) is 11.8. The molecule has 2 aromatic rings. The van der Waals surface area contributed by atoms with Crippen molar-refractivity contribution in [1.82, 2.24) is 5.32 Å². The summed E-state index contributed by atoms with van der Waals surface area (Å²) in [6.45, 7) is 6.10. The van der Waals surface area contributed by atoms with Gasteiger partial charge in [-0.1, -0.05) is 28.1 Å². The van der Waals surface area contributed by atoms with E-state index < -0.39 is 11.8 Å². The predicted molar refractivity (Wildman–Crippen MR) is 102 cm³/mol. The van der Waals surface area contributed by atoms with Crippen LogP contribution in [0.3, 0.4) is 0 Å². The van der Waals surface area contributed by atoms with Crippen LogP contribution in [0, 0.1) is 6.92 Å². The molecule has 2 N–H and O–H groups in total. The molecule has 132 valence electrons. The molecule has 0 saturated heterocycles. The molecule has 6 heteroatoms. The SMILES string of the molecule is Cc1cc(NC(=O)C(=O)NCc2ccc(OC(C)C)cc2)ccc1Br. The lowest BCUT2D eigenvalue weighted by Gasteiger charge is -2.11. The van der Waals surface area contributed by atoms with Crippen LogP contribution in [0.5, 0.6) is 5.75 Å². The van der Waals surface area contributed by atoms with Gasteiger partial charge in [0.25, 0.3) is 0 Å². The van der Waals surface area contributed by atoms with Gasteiger partial charge in [-0.25, -0.2) is 0 Å². The minimum absolute atomic E-state index is 0.108. The number of ether oxygens (including phenoxy) is 1. The third kappa shape index (κ3) is 5.90. The van der Waals surface area contributed by atoms with Gasteiger partial charge < -0.3 is 15.4 Å². The quantitative estimate of drug-likeness (QED) is 0.744. The molecule has 0 aliphatic rings. The number of amides is 2. The highest BCUT2D eigenvalue weighted by Crippen LogP contribution is 2.20. The van der Waals surface area contributed by atoms with Crippen molar-refractivity contribution in [2.75, 3.05) is 5.32 Å². The predicted octanol–water partition coefficient (Wildman–Crippen LogP) is 3.80. The molecule has 0 radical (unpaired) electrons. The highest BCUT2D eigenvalue weighted by Gasteiger charge is 2.13. The van der Waals surface area contributed by atoms with Crippen LogP contribution >= 0.6 is 15.9 Å². The maximum absolute atomic E-state index is 12.0. The second kappa shape index (κ2) is 8.67. The fraction of sp³-hybridized carbons (Fsp3) is 0.263. The number of carbonyl (C=O) groups is 2. The summed E-state index contributed by atoms with van der Waals surface area (Å²) in [5.41, 5.74) is 2.44. The number of benzene rings is 2. The normalized spacial score (nSPS) is 10.4. The summed E-state index contributed by atoms with van der Waals surface area (Å²) in [4.78, 5) is 23.9. The van der Waals surface area contributed by atoms with E-state index in [1.165, 1.54) is 0 Å². The Labute approximate surface area is 155 Å². The monoisotopic (exact) mass is 404 g/mol. The molecule has 0 aliphatic carbocycles. The molecular weight excluding hydrogens is 384 g/mol. The van der Waals surface area contributed by atoms with Crippen LogP contribution in [0.15, 0.2) is 46.9 Å². The first-order valence-electron chi connectivity index (χ1n) is 7.96. The van der Waals surface area contributed by atoms with Crippen LogP contribution < -0.4 is 15.4 Å². The van der Waals surface area contributed by atoms with E-state index in [0.717, 1.165) is 21.3 Å². The number of anilines is 1. The van der Waals surface area contributed by atoms with Gasteiger partial charge in [0.05, 0.1) is 6.10 Å². The van der Waals surface area contributed by atoms with Crippen LogP contribution in [0.2, 0.25) is 0 Å². The van der Waals surface area contributed by atoms with E-state index in [1.54, 1.807) is 12.1 Å². The Kier molecular flexibility index (Phi) is 6.58. The zero-order chi connectivity index (χ0) is 18.4. The van der Waals surface area contributed by atoms with Crippen LogP contribution in [0.25, 0.3) is 0 Å². The van der Waals surface area contributed by atoms with Crippen LogP contribution in [0.4, 0.5) is 5.69 Å². The molecule has 0 aliphatic heterocycles. The molecule has 0 heterocycles. The second-order valence-corrected chi connectivity index (χ2v) is 6.77. The Balaban J connectivity index is 1.86.